The van der Waals surface area contributed by atoms with Gasteiger partial charge in [0.1, 0.15) is 11.8 Å². The molecule has 1 aliphatic heterocycles. The molecule has 1 saturated heterocycles. The molecule has 0 aliphatic carbocycles. The van der Waals surface area contributed by atoms with Gasteiger partial charge in [-0.05, 0) is 43.1 Å². The Bertz CT molecular complexity index is 844. The first-order valence-electron chi connectivity index (χ1n) is 11.0. The van der Waals surface area contributed by atoms with E-state index < -0.39 is 6.04 Å². The number of carbonyl (C=O) groups is 2. The molecule has 1 aromatic heterocycles. The van der Waals surface area contributed by atoms with Gasteiger partial charge in [0.2, 0.25) is 11.8 Å². The first-order chi connectivity index (χ1) is 15.2. The van der Waals surface area contributed by atoms with Crippen LogP contribution in [0.3, 0.4) is 0 Å². The third-order valence-electron chi connectivity index (χ3n) is 5.58. The number of pyridine rings is 1. The molecular formula is C24H32N4O3. The maximum absolute atomic E-state index is 12.8. The summed E-state index contributed by atoms with van der Waals surface area (Å²) in [6, 6.07) is 11.1. The maximum atomic E-state index is 12.8. The number of nitrogens with zero attached hydrogens (tertiary/aromatic N) is 2. The van der Waals surface area contributed by atoms with Gasteiger partial charge in [-0.25, -0.2) is 0 Å². The van der Waals surface area contributed by atoms with Crippen molar-refractivity contribution in [2.24, 2.45) is 0 Å². The summed E-state index contributed by atoms with van der Waals surface area (Å²) in [4.78, 5) is 31.7. The first-order valence-corrected chi connectivity index (χ1v) is 11.0. The third-order valence-corrected chi connectivity index (χ3v) is 5.58. The highest BCUT2D eigenvalue weighted by Gasteiger charge is 2.22. The van der Waals surface area contributed by atoms with E-state index in [2.05, 4.69) is 20.5 Å². The highest BCUT2D eigenvalue weighted by molar-refractivity contribution is 5.87. The number of benzene rings is 1. The Kier molecular flexibility index (Phi) is 8.84. The second-order valence-corrected chi connectivity index (χ2v) is 7.88. The molecule has 0 saturated carbocycles. The van der Waals surface area contributed by atoms with E-state index in [1.807, 2.05) is 36.4 Å². The minimum Gasteiger partial charge on any atom is -0.496 e. The number of carbonyl (C=O) groups excluding carboxylic acids is 2. The molecule has 7 nitrogen and oxygen atoms in total. The molecule has 2 amide bonds. The molecule has 1 aromatic carbocycles. The summed E-state index contributed by atoms with van der Waals surface area (Å²) in [6.45, 7) is 2.79. The van der Waals surface area contributed by atoms with E-state index >= 15 is 0 Å². The van der Waals surface area contributed by atoms with Gasteiger partial charge < -0.3 is 15.4 Å². The molecule has 2 heterocycles. The van der Waals surface area contributed by atoms with Gasteiger partial charge in [0.05, 0.1) is 7.11 Å². The summed E-state index contributed by atoms with van der Waals surface area (Å²) >= 11 is 0. The molecule has 1 fully saturated rings. The van der Waals surface area contributed by atoms with Crippen LogP contribution in [0.4, 0.5) is 0 Å². The fourth-order valence-corrected chi connectivity index (χ4v) is 3.83. The lowest BCUT2D eigenvalue weighted by Crippen LogP contribution is -2.47. The SMILES string of the molecule is COc1ccccc1CNC(=O)C1CCCCCN(Cc2ccncc2)CCC(=O)N1. The van der Waals surface area contributed by atoms with Gasteiger partial charge in [-0.3, -0.25) is 19.5 Å². The number of hydrogen-bond donors (Lipinski definition) is 2. The van der Waals surface area contributed by atoms with Crippen molar-refractivity contribution in [1.82, 2.24) is 20.5 Å². The zero-order valence-corrected chi connectivity index (χ0v) is 18.2. The van der Waals surface area contributed by atoms with Crippen molar-refractivity contribution in [1.29, 1.82) is 0 Å². The molecular weight excluding hydrogens is 392 g/mol. The predicted octanol–water partition coefficient (Wildman–Crippen LogP) is 2.66. The van der Waals surface area contributed by atoms with Crippen molar-refractivity contribution in [3.05, 3.63) is 59.9 Å². The number of rotatable bonds is 6. The van der Waals surface area contributed by atoms with Crippen LogP contribution in [0.1, 0.15) is 43.2 Å². The van der Waals surface area contributed by atoms with Crippen LogP contribution in [0.25, 0.3) is 0 Å². The van der Waals surface area contributed by atoms with Crippen LogP contribution < -0.4 is 15.4 Å². The zero-order chi connectivity index (χ0) is 21.9. The van der Waals surface area contributed by atoms with E-state index in [0.717, 1.165) is 43.7 Å². The summed E-state index contributed by atoms with van der Waals surface area (Å²) < 4.78 is 5.34. The van der Waals surface area contributed by atoms with Crippen molar-refractivity contribution in [3.8, 4) is 5.75 Å². The molecule has 31 heavy (non-hydrogen) atoms. The minimum atomic E-state index is -0.506. The Morgan fingerprint density at radius 1 is 1.16 bits per heavy atom. The lowest BCUT2D eigenvalue weighted by atomic mass is 10.1. The van der Waals surface area contributed by atoms with E-state index in [1.165, 1.54) is 5.56 Å². The molecule has 3 rings (SSSR count). The summed E-state index contributed by atoms with van der Waals surface area (Å²) in [7, 11) is 1.61. The molecule has 1 unspecified atom stereocenters. The monoisotopic (exact) mass is 424 g/mol. The molecule has 2 aromatic rings. The molecule has 0 radical (unpaired) electrons. The van der Waals surface area contributed by atoms with Crippen LogP contribution in [0.15, 0.2) is 48.8 Å². The van der Waals surface area contributed by atoms with Gasteiger partial charge in [-0.1, -0.05) is 31.0 Å². The van der Waals surface area contributed by atoms with Gasteiger partial charge in [0, 0.05) is 44.0 Å². The van der Waals surface area contributed by atoms with Crippen molar-refractivity contribution in [2.75, 3.05) is 20.2 Å². The predicted molar refractivity (Wildman–Crippen MR) is 119 cm³/mol. The van der Waals surface area contributed by atoms with Crippen LogP contribution >= 0.6 is 0 Å². The van der Waals surface area contributed by atoms with Gasteiger partial charge in [0.25, 0.3) is 0 Å². The lowest BCUT2D eigenvalue weighted by molar-refractivity contribution is -0.129. The van der Waals surface area contributed by atoms with Crippen molar-refractivity contribution < 1.29 is 14.3 Å². The first kappa shape index (κ1) is 22.7. The summed E-state index contributed by atoms with van der Waals surface area (Å²) in [6.07, 6.45) is 7.59. The average molecular weight is 425 g/mol. The highest BCUT2D eigenvalue weighted by Crippen LogP contribution is 2.17. The number of para-hydroxylation sites is 1. The van der Waals surface area contributed by atoms with E-state index in [-0.39, 0.29) is 11.8 Å². The maximum Gasteiger partial charge on any atom is 0.242 e. The Morgan fingerprint density at radius 3 is 2.77 bits per heavy atom. The van der Waals surface area contributed by atoms with E-state index in [0.29, 0.717) is 25.9 Å². The fourth-order valence-electron chi connectivity index (χ4n) is 3.83. The largest absolute Gasteiger partial charge is 0.496 e. The molecule has 2 N–H and O–H groups in total. The van der Waals surface area contributed by atoms with Gasteiger partial charge in [0.15, 0.2) is 0 Å². The number of hydrogen-bond acceptors (Lipinski definition) is 5. The van der Waals surface area contributed by atoms with Crippen LogP contribution in [0.5, 0.6) is 5.75 Å². The normalized spacial score (nSPS) is 18.5. The van der Waals surface area contributed by atoms with Gasteiger partial charge in [-0.2, -0.15) is 0 Å². The van der Waals surface area contributed by atoms with Crippen LogP contribution in [-0.4, -0.2) is 47.9 Å². The number of nitrogens with one attached hydrogen (secondary N) is 2. The summed E-state index contributed by atoms with van der Waals surface area (Å²) in [5.41, 5.74) is 2.10. The average Bonchev–Trinajstić information content (AvgIpc) is 2.84. The molecule has 166 valence electrons. The Morgan fingerprint density at radius 2 is 1.97 bits per heavy atom. The summed E-state index contributed by atoms with van der Waals surface area (Å²) in [5, 5.41) is 5.90. The Balaban J connectivity index is 1.55. The summed E-state index contributed by atoms with van der Waals surface area (Å²) in [5.74, 6) is 0.509. The second kappa shape index (κ2) is 12.1. The van der Waals surface area contributed by atoms with Crippen molar-refractivity contribution >= 4 is 11.8 Å². The van der Waals surface area contributed by atoms with Crippen LogP contribution in [-0.2, 0) is 22.7 Å². The smallest absolute Gasteiger partial charge is 0.242 e. The van der Waals surface area contributed by atoms with E-state index in [4.69, 9.17) is 4.74 Å². The topological polar surface area (TPSA) is 83.6 Å². The molecule has 0 spiro atoms. The quantitative estimate of drug-likeness (QED) is 0.745. The van der Waals surface area contributed by atoms with Crippen molar-refractivity contribution in [3.63, 3.8) is 0 Å². The van der Waals surface area contributed by atoms with Crippen molar-refractivity contribution in [2.45, 2.75) is 51.2 Å². The third kappa shape index (κ3) is 7.36. The van der Waals surface area contributed by atoms with Gasteiger partial charge >= 0.3 is 0 Å². The number of aromatic nitrogens is 1. The lowest BCUT2D eigenvalue weighted by Gasteiger charge is -2.22. The molecule has 1 atom stereocenters. The minimum absolute atomic E-state index is 0.0842. The Hall–Kier alpha value is -2.93. The van der Waals surface area contributed by atoms with Crippen LogP contribution in [0, 0.1) is 0 Å². The molecule has 1 aliphatic rings. The zero-order valence-electron chi connectivity index (χ0n) is 18.2. The van der Waals surface area contributed by atoms with E-state index in [1.54, 1.807) is 19.5 Å². The standard InChI is InChI=1S/C24H32N4O3/c1-31-22-9-5-4-7-20(22)17-26-24(30)21-8-3-2-6-15-28(16-12-23(29)27-21)18-19-10-13-25-14-11-19/h4-5,7,9-11,13-14,21H,2-3,6,8,12,15-18H2,1H3,(H,26,30)(H,27,29). The second-order valence-electron chi connectivity index (χ2n) is 7.88. The molecule has 0 bridgehead atoms. The Labute approximate surface area is 184 Å². The number of amides is 2. The highest BCUT2D eigenvalue weighted by atomic mass is 16.5. The number of ether oxygens (including phenoxy) is 1. The van der Waals surface area contributed by atoms with Crippen LogP contribution in [0.2, 0.25) is 0 Å². The number of methoxy groups -OCH3 is 1. The van der Waals surface area contributed by atoms with Gasteiger partial charge in [-0.15, -0.1) is 0 Å². The molecule has 7 heteroatoms. The van der Waals surface area contributed by atoms with E-state index in [9.17, 15) is 9.59 Å². The fraction of sp³-hybridized carbons (Fsp3) is 0.458.